The molecule has 0 aliphatic rings. The number of aryl methyl sites for hydroxylation is 1. The lowest BCUT2D eigenvalue weighted by Gasteiger charge is -2.16. The number of rotatable bonds is 5. The lowest BCUT2D eigenvalue weighted by atomic mass is 10.1. The van der Waals surface area contributed by atoms with Crippen LogP contribution in [-0.4, -0.2) is 6.04 Å². The first-order valence-corrected chi connectivity index (χ1v) is 5.46. The van der Waals surface area contributed by atoms with E-state index >= 15 is 0 Å². The highest BCUT2D eigenvalue weighted by Crippen LogP contribution is 2.16. The molecule has 0 aliphatic carbocycles. The van der Waals surface area contributed by atoms with Crippen molar-refractivity contribution < 1.29 is 4.42 Å². The highest BCUT2D eigenvalue weighted by molar-refractivity contribution is 5.10. The van der Waals surface area contributed by atoms with E-state index in [1.165, 1.54) is 0 Å². The molecule has 1 N–H and O–H groups in total. The first-order valence-electron chi connectivity index (χ1n) is 5.46. The highest BCUT2D eigenvalue weighted by Gasteiger charge is 2.12. The van der Waals surface area contributed by atoms with Crippen molar-refractivity contribution in [3.05, 3.63) is 23.7 Å². The molecule has 0 fully saturated rings. The number of furan rings is 1. The monoisotopic (exact) mass is 205 g/mol. The van der Waals surface area contributed by atoms with Crippen LogP contribution in [0.3, 0.4) is 0 Å². The molecule has 0 bridgehead atoms. The van der Waals surface area contributed by atoms with Gasteiger partial charge in [0.25, 0.3) is 0 Å². The molecule has 0 spiro atoms. The Kier molecular flexibility index (Phi) is 4.45. The predicted octanol–water partition coefficient (Wildman–Crippen LogP) is 3.04. The van der Waals surface area contributed by atoms with Crippen molar-refractivity contribution >= 4 is 0 Å². The molecule has 2 nitrogen and oxygen atoms in total. The summed E-state index contributed by atoms with van der Waals surface area (Å²) < 4.78 is 5.54. The van der Waals surface area contributed by atoms with Gasteiger partial charge in [0.2, 0.25) is 0 Å². The average Bonchev–Trinajstić information content (AvgIpc) is 2.64. The Morgan fingerprint density at radius 1 is 1.53 bits per heavy atom. The van der Waals surface area contributed by atoms with E-state index in [-0.39, 0.29) is 12.1 Å². The van der Waals surface area contributed by atoms with Crippen molar-refractivity contribution in [2.45, 2.75) is 45.7 Å². The van der Waals surface area contributed by atoms with E-state index in [0.29, 0.717) is 0 Å². The molecule has 0 aromatic carbocycles. The zero-order valence-electron chi connectivity index (χ0n) is 9.71. The van der Waals surface area contributed by atoms with Crippen molar-refractivity contribution in [2.75, 3.05) is 0 Å². The fourth-order valence-corrected chi connectivity index (χ4v) is 1.57. The molecule has 15 heavy (non-hydrogen) atoms. The fraction of sp³-hybridized carbons (Fsp3) is 0.538. The summed E-state index contributed by atoms with van der Waals surface area (Å²) in [6.07, 6.45) is 7.54. The fourth-order valence-electron chi connectivity index (χ4n) is 1.57. The summed E-state index contributed by atoms with van der Waals surface area (Å²) in [6, 6.07) is 4.27. The maximum absolute atomic E-state index is 5.54. The minimum Gasteiger partial charge on any atom is -0.465 e. The van der Waals surface area contributed by atoms with Crippen LogP contribution in [0.4, 0.5) is 0 Å². The lowest BCUT2D eigenvalue weighted by molar-refractivity contribution is 0.396. The van der Waals surface area contributed by atoms with Crippen molar-refractivity contribution in [3.63, 3.8) is 0 Å². The van der Waals surface area contributed by atoms with E-state index < -0.39 is 0 Å². The topological polar surface area (TPSA) is 25.2 Å². The van der Waals surface area contributed by atoms with Gasteiger partial charge in [-0.3, -0.25) is 5.32 Å². The van der Waals surface area contributed by atoms with E-state index in [4.69, 9.17) is 10.8 Å². The molecule has 0 saturated heterocycles. The van der Waals surface area contributed by atoms with Crippen LogP contribution < -0.4 is 5.32 Å². The molecule has 0 saturated carbocycles. The normalized spacial score (nSPS) is 14.5. The Morgan fingerprint density at radius 2 is 2.27 bits per heavy atom. The molecule has 0 radical (unpaired) electrons. The Bertz CT molecular complexity index is 335. The van der Waals surface area contributed by atoms with Gasteiger partial charge >= 0.3 is 0 Å². The van der Waals surface area contributed by atoms with Gasteiger partial charge in [-0.2, -0.15) is 0 Å². The van der Waals surface area contributed by atoms with Crippen molar-refractivity contribution in [1.29, 1.82) is 0 Å². The maximum Gasteiger partial charge on any atom is 0.120 e. The standard InChI is InChI=1S/C13H19NO/c1-5-7-12(6-2)14-11(4)13-9-8-10(3)15-13/h2,8-9,11-12,14H,5,7H2,1,3-4H3. The third-order valence-corrected chi connectivity index (χ3v) is 2.42. The van der Waals surface area contributed by atoms with Gasteiger partial charge in [-0.25, -0.2) is 0 Å². The summed E-state index contributed by atoms with van der Waals surface area (Å²) in [7, 11) is 0. The zero-order chi connectivity index (χ0) is 11.3. The van der Waals surface area contributed by atoms with Gasteiger partial charge in [-0.1, -0.05) is 19.3 Å². The summed E-state index contributed by atoms with van der Waals surface area (Å²) in [5.41, 5.74) is 0. The SMILES string of the molecule is C#CC(CCC)NC(C)c1ccc(C)o1. The molecule has 1 aromatic heterocycles. The van der Waals surface area contributed by atoms with E-state index in [1.807, 2.05) is 19.1 Å². The number of terminal acetylenes is 1. The van der Waals surface area contributed by atoms with Crippen molar-refractivity contribution in [3.8, 4) is 12.3 Å². The molecule has 1 aromatic rings. The van der Waals surface area contributed by atoms with Gasteiger partial charge in [0, 0.05) is 0 Å². The first-order chi connectivity index (χ1) is 7.17. The Hall–Kier alpha value is -1.20. The molecule has 0 aliphatic heterocycles. The smallest absolute Gasteiger partial charge is 0.120 e. The number of hydrogen-bond acceptors (Lipinski definition) is 2. The Labute approximate surface area is 92.1 Å². The highest BCUT2D eigenvalue weighted by atomic mass is 16.3. The maximum atomic E-state index is 5.54. The summed E-state index contributed by atoms with van der Waals surface area (Å²) in [6.45, 7) is 6.15. The van der Waals surface area contributed by atoms with Crippen LogP contribution in [0, 0.1) is 19.3 Å². The Balaban J connectivity index is 2.55. The Morgan fingerprint density at radius 3 is 2.73 bits per heavy atom. The van der Waals surface area contributed by atoms with Gasteiger partial charge in [0.1, 0.15) is 11.5 Å². The second-order valence-electron chi connectivity index (χ2n) is 3.84. The molecular formula is C13H19NO. The largest absolute Gasteiger partial charge is 0.465 e. The minimum atomic E-state index is 0.135. The molecule has 82 valence electrons. The quantitative estimate of drug-likeness (QED) is 0.747. The second-order valence-corrected chi connectivity index (χ2v) is 3.84. The van der Waals surface area contributed by atoms with E-state index in [2.05, 4.69) is 25.1 Å². The van der Waals surface area contributed by atoms with Crippen LogP contribution >= 0.6 is 0 Å². The van der Waals surface area contributed by atoms with E-state index in [9.17, 15) is 0 Å². The minimum absolute atomic E-state index is 0.135. The van der Waals surface area contributed by atoms with Gasteiger partial charge in [-0.05, 0) is 32.4 Å². The molecule has 1 rings (SSSR count). The zero-order valence-corrected chi connectivity index (χ0v) is 9.71. The van der Waals surface area contributed by atoms with Gasteiger partial charge in [-0.15, -0.1) is 6.42 Å². The van der Waals surface area contributed by atoms with Gasteiger partial charge in [0.05, 0.1) is 12.1 Å². The molecule has 2 atom stereocenters. The first kappa shape index (κ1) is 11.9. The second kappa shape index (κ2) is 5.63. The third-order valence-electron chi connectivity index (χ3n) is 2.42. The van der Waals surface area contributed by atoms with Crippen LogP contribution in [0.1, 0.15) is 44.3 Å². The molecule has 2 heteroatoms. The molecule has 2 unspecified atom stereocenters. The van der Waals surface area contributed by atoms with Crippen LogP contribution in [0.2, 0.25) is 0 Å². The van der Waals surface area contributed by atoms with Crippen LogP contribution in [0.5, 0.6) is 0 Å². The van der Waals surface area contributed by atoms with Crippen LogP contribution in [-0.2, 0) is 0 Å². The van der Waals surface area contributed by atoms with Crippen LogP contribution in [0.25, 0.3) is 0 Å². The predicted molar refractivity (Wildman–Crippen MR) is 62.5 cm³/mol. The van der Waals surface area contributed by atoms with E-state index in [0.717, 1.165) is 24.4 Å². The van der Waals surface area contributed by atoms with Gasteiger partial charge < -0.3 is 4.42 Å². The van der Waals surface area contributed by atoms with Crippen molar-refractivity contribution in [1.82, 2.24) is 5.32 Å². The summed E-state index contributed by atoms with van der Waals surface area (Å²) in [5, 5.41) is 3.37. The number of nitrogens with one attached hydrogen (secondary N) is 1. The lowest BCUT2D eigenvalue weighted by Crippen LogP contribution is -2.29. The molecule has 1 heterocycles. The van der Waals surface area contributed by atoms with Crippen LogP contribution in [0.15, 0.2) is 16.5 Å². The summed E-state index contributed by atoms with van der Waals surface area (Å²) in [4.78, 5) is 0. The molecule has 0 amide bonds. The summed E-state index contributed by atoms with van der Waals surface area (Å²) in [5.74, 6) is 4.64. The molecular weight excluding hydrogens is 186 g/mol. The average molecular weight is 205 g/mol. The summed E-state index contributed by atoms with van der Waals surface area (Å²) >= 11 is 0. The third kappa shape index (κ3) is 3.45. The number of hydrogen-bond donors (Lipinski definition) is 1. The van der Waals surface area contributed by atoms with Gasteiger partial charge in [0.15, 0.2) is 0 Å². The van der Waals surface area contributed by atoms with E-state index in [1.54, 1.807) is 0 Å². The van der Waals surface area contributed by atoms with Crippen molar-refractivity contribution in [2.24, 2.45) is 0 Å².